The van der Waals surface area contributed by atoms with Crippen LogP contribution in [0.2, 0.25) is 0 Å². The molecule has 0 aliphatic heterocycles. The minimum absolute atomic E-state index is 0.0426. The first-order valence-electron chi connectivity index (χ1n) is 14.3. The molecule has 2 unspecified atom stereocenters. The Morgan fingerprint density at radius 3 is 1.62 bits per heavy atom. The monoisotopic (exact) mass is 594 g/mol. The molecule has 0 aromatic heterocycles. The minimum atomic E-state index is -3.94. The number of rotatable bonds is 4. The summed E-state index contributed by atoms with van der Waals surface area (Å²) >= 11 is 0. The molecule has 0 saturated carbocycles. The van der Waals surface area contributed by atoms with E-state index in [2.05, 4.69) is 48.5 Å². The summed E-state index contributed by atoms with van der Waals surface area (Å²) in [6, 6.07) is 25.4. The van der Waals surface area contributed by atoms with Crippen molar-refractivity contribution < 1.29 is 28.0 Å². The molecule has 210 valence electrons. The minimum Gasteiger partial charge on any atom is -0.424 e. The molecule has 9 rings (SSSR count). The SMILES string of the molecule is CP(=O)(O)Oc1c2c(c(OP(C)(=O)O)c3c1[C@H]1C[C@@H]3c3cc4ccccc4cc31)[C@@H]1c3cc4ccccc4cc3[C@@H]1C2. The van der Waals surface area contributed by atoms with Crippen molar-refractivity contribution in [3.63, 3.8) is 0 Å². The summed E-state index contributed by atoms with van der Waals surface area (Å²) < 4.78 is 38.0. The van der Waals surface area contributed by atoms with Crippen molar-refractivity contribution in [1.29, 1.82) is 0 Å². The normalized spacial score (nSPS) is 25.0. The van der Waals surface area contributed by atoms with Gasteiger partial charge in [0.05, 0.1) is 0 Å². The Morgan fingerprint density at radius 1 is 0.643 bits per heavy atom. The van der Waals surface area contributed by atoms with E-state index in [1.807, 2.05) is 24.3 Å². The van der Waals surface area contributed by atoms with Crippen LogP contribution in [0, 0.1) is 0 Å². The van der Waals surface area contributed by atoms with E-state index in [1.165, 1.54) is 41.0 Å². The van der Waals surface area contributed by atoms with E-state index in [0.717, 1.165) is 44.8 Å². The zero-order valence-corrected chi connectivity index (χ0v) is 24.9. The Bertz CT molecular complexity index is 2130. The second kappa shape index (κ2) is 8.15. The Hall–Kier alpha value is -3.40. The predicted octanol–water partition coefficient (Wildman–Crippen LogP) is 8.15. The van der Waals surface area contributed by atoms with Gasteiger partial charge in [-0.15, -0.1) is 0 Å². The van der Waals surface area contributed by atoms with Crippen LogP contribution in [0.5, 0.6) is 11.5 Å². The van der Waals surface area contributed by atoms with E-state index in [1.54, 1.807) is 0 Å². The summed E-state index contributed by atoms with van der Waals surface area (Å²) in [6.07, 6.45) is 1.39. The third-order valence-corrected chi connectivity index (χ3v) is 10.9. The van der Waals surface area contributed by atoms with Crippen LogP contribution in [-0.4, -0.2) is 23.1 Å². The molecule has 5 aromatic carbocycles. The maximum atomic E-state index is 13.0. The lowest BCUT2D eigenvalue weighted by molar-refractivity contribution is 0.376. The molecule has 5 aromatic rings. The smallest absolute Gasteiger partial charge is 0.373 e. The van der Waals surface area contributed by atoms with Gasteiger partial charge in [0, 0.05) is 53.3 Å². The van der Waals surface area contributed by atoms with E-state index < -0.39 is 15.2 Å². The molecule has 6 atom stereocenters. The van der Waals surface area contributed by atoms with E-state index in [-0.39, 0.29) is 23.7 Å². The van der Waals surface area contributed by atoms with Gasteiger partial charge in [0.15, 0.2) is 0 Å². The Labute approximate surface area is 243 Å². The topological polar surface area (TPSA) is 93.1 Å². The maximum absolute atomic E-state index is 13.0. The third-order valence-electron chi connectivity index (χ3n) is 9.84. The van der Waals surface area contributed by atoms with Gasteiger partial charge in [-0.2, -0.15) is 0 Å². The molecule has 4 aliphatic carbocycles. The zero-order chi connectivity index (χ0) is 28.7. The molecule has 0 fully saturated rings. The van der Waals surface area contributed by atoms with Gasteiger partial charge in [0.1, 0.15) is 11.5 Å². The molecule has 6 nitrogen and oxygen atoms in total. The summed E-state index contributed by atoms with van der Waals surface area (Å²) in [7, 11) is -7.87. The van der Waals surface area contributed by atoms with Gasteiger partial charge >= 0.3 is 15.2 Å². The maximum Gasteiger partial charge on any atom is 0.373 e. The fourth-order valence-electron chi connectivity index (χ4n) is 8.46. The van der Waals surface area contributed by atoms with Crippen molar-refractivity contribution >= 4 is 36.7 Å². The van der Waals surface area contributed by atoms with Gasteiger partial charge in [-0.3, -0.25) is 0 Å². The number of benzene rings is 5. The fourth-order valence-corrected chi connectivity index (χ4v) is 9.55. The van der Waals surface area contributed by atoms with Crippen molar-refractivity contribution in [2.24, 2.45) is 0 Å². The van der Waals surface area contributed by atoms with Crippen LogP contribution >= 0.6 is 15.2 Å². The highest BCUT2D eigenvalue weighted by Crippen LogP contribution is 2.71. The highest BCUT2D eigenvalue weighted by Gasteiger charge is 2.54. The van der Waals surface area contributed by atoms with Gasteiger partial charge in [-0.25, -0.2) is 9.13 Å². The molecular weight excluding hydrogens is 566 g/mol. The Morgan fingerprint density at radius 2 is 1.10 bits per heavy atom. The summed E-state index contributed by atoms with van der Waals surface area (Å²) in [5, 5.41) is 4.59. The van der Waals surface area contributed by atoms with Gasteiger partial charge in [-0.05, 0) is 62.6 Å². The van der Waals surface area contributed by atoms with E-state index in [9.17, 15) is 18.9 Å². The quantitative estimate of drug-likeness (QED) is 0.204. The predicted molar refractivity (Wildman–Crippen MR) is 164 cm³/mol. The zero-order valence-electron chi connectivity index (χ0n) is 23.1. The van der Waals surface area contributed by atoms with Crippen LogP contribution in [0.4, 0.5) is 0 Å². The summed E-state index contributed by atoms with van der Waals surface area (Å²) in [5.74, 6) is 0.919. The van der Waals surface area contributed by atoms with Crippen molar-refractivity contribution in [3.8, 4) is 11.5 Å². The van der Waals surface area contributed by atoms with Crippen LogP contribution in [0.25, 0.3) is 21.5 Å². The van der Waals surface area contributed by atoms with Gasteiger partial charge in [-0.1, -0.05) is 72.8 Å². The van der Waals surface area contributed by atoms with E-state index >= 15 is 0 Å². The lowest BCUT2D eigenvalue weighted by Crippen LogP contribution is -2.22. The summed E-state index contributed by atoms with van der Waals surface area (Å²) in [6.45, 7) is 2.46. The van der Waals surface area contributed by atoms with Gasteiger partial charge in [0.2, 0.25) is 0 Å². The average Bonchev–Trinajstić information content (AvgIpc) is 3.60. The van der Waals surface area contributed by atoms with Crippen molar-refractivity contribution in [2.75, 3.05) is 13.3 Å². The first kappa shape index (κ1) is 25.1. The molecule has 0 spiro atoms. The van der Waals surface area contributed by atoms with Crippen LogP contribution in [0.15, 0.2) is 72.8 Å². The molecular formula is C34H28O6P2. The van der Waals surface area contributed by atoms with Crippen molar-refractivity contribution in [3.05, 3.63) is 117 Å². The molecule has 0 radical (unpaired) electrons. The second-order valence-corrected chi connectivity index (χ2v) is 16.0. The summed E-state index contributed by atoms with van der Waals surface area (Å²) in [4.78, 5) is 21.2. The molecule has 2 N–H and O–H groups in total. The number of hydrogen-bond acceptors (Lipinski definition) is 4. The molecule has 0 saturated heterocycles. The Kier molecular flexibility index (Phi) is 4.88. The van der Waals surface area contributed by atoms with Crippen LogP contribution in [0.3, 0.4) is 0 Å². The van der Waals surface area contributed by atoms with Crippen molar-refractivity contribution in [1.82, 2.24) is 0 Å². The molecule has 2 bridgehead atoms. The molecule has 0 heterocycles. The molecule has 0 amide bonds. The molecule has 8 heteroatoms. The van der Waals surface area contributed by atoms with E-state index in [0.29, 0.717) is 17.9 Å². The first-order chi connectivity index (χ1) is 20.1. The first-order valence-corrected chi connectivity index (χ1v) is 18.4. The standard InChI is InChI=1S/C34H28O6P2/c1-41(35,36)39-33-28-16-25-23-13-19-9-5-6-10-20(19)14-24(23)29(25)32(28)34(40-42(2,37)38)31-27-15-26(30(31)33)21-11-17-7-3-4-8-18(17)12-22(21)27/h3-14,25-27,29H,15-16H2,1-2H3,(H,35,36)(H,37,38)/t25-,26-,27+,29+/m0/s1. The van der Waals surface area contributed by atoms with Crippen LogP contribution in [0.1, 0.15) is 74.6 Å². The third kappa shape index (κ3) is 3.41. The highest BCUT2D eigenvalue weighted by molar-refractivity contribution is 7.52. The average molecular weight is 595 g/mol. The van der Waals surface area contributed by atoms with Gasteiger partial charge < -0.3 is 18.8 Å². The lowest BCUT2D eigenvalue weighted by Gasteiger charge is -2.37. The molecule has 4 aliphatic rings. The number of hydrogen-bond donors (Lipinski definition) is 2. The lowest BCUT2D eigenvalue weighted by atomic mass is 9.67. The summed E-state index contributed by atoms with van der Waals surface area (Å²) in [5.41, 5.74) is 8.16. The van der Waals surface area contributed by atoms with Crippen molar-refractivity contribution in [2.45, 2.75) is 36.5 Å². The van der Waals surface area contributed by atoms with Gasteiger partial charge in [0.25, 0.3) is 0 Å². The molecule has 42 heavy (non-hydrogen) atoms. The van der Waals surface area contributed by atoms with Crippen LogP contribution in [-0.2, 0) is 15.6 Å². The van der Waals surface area contributed by atoms with E-state index in [4.69, 9.17) is 9.05 Å². The highest BCUT2D eigenvalue weighted by atomic mass is 31.2. The Balaban J connectivity index is 1.33. The second-order valence-electron chi connectivity index (χ2n) is 12.5. The largest absolute Gasteiger partial charge is 0.424 e. The number of fused-ring (bicyclic) bond motifs is 16. The van der Waals surface area contributed by atoms with Crippen LogP contribution < -0.4 is 9.05 Å². The fraction of sp³-hybridized carbons (Fsp3) is 0.235.